The van der Waals surface area contributed by atoms with E-state index in [4.69, 9.17) is 9.84 Å². The third kappa shape index (κ3) is 5.80. The highest BCUT2D eigenvalue weighted by atomic mass is 16.5. The number of rotatable bonds is 8. The van der Waals surface area contributed by atoms with Crippen LogP contribution in [-0.4, -0.2) is 33.6 Å². The highest BCUT2D eigenvalue weighted by Gasteiger charge is 2.11. The van der Waals surface area contributed by atoms with Gasteiger partial charge in [-0.2, -0.15) is 0 Å². The number of carbonyl (C=O) groups is 2. The van der Waals surface area contributed by atoms with Crippen molar-refractivity contribution in [3.8, 4) is 17.1 Å². The van der Waals surface area contributed by atoms with Gasteiger partial charge in [0, 0.05) is 29.4 Å². The Morgan fingerprint density at radius 3 is 2.45 bits per heavy atom. The number of nitrogens with one attached hydrogen (secondary N) is 1. The summed E-state index contributed by atoms with van der Waals surface area (Å²) in [6.07, 6.45) is 2.19. The minimum Gasteiger partial charge on any atom is -0.493 e. The molecule has 4 rings (SSSR count). The third-order valence-electron chi connectivity index (χ3n) is 4.87. The Labute approximate surface area is 190 Å². The molecule has 33 heavy (non-hydrogen) atoms. The maximum atomic E-state index is 12.7. The SMILES string of the molecule is O=C(Nc1ccc(OCCc2ccccc2)cc1)c1cccc(-c2nccc(C(=O)O)n2)c1. The first-order valence-corrected chi connectivity index (χ1v) is 10.3. The summed E-state index contributed by atoms with van der Waals surface area (Å²) in [6, 6.07) is 25.3. The van der Waals surface area contributed by atoms with Crippen molar-refractivity contribution < 1.29 is 19.4 Å². The molecule has 7 nitrogen and oxygen atoms in total. The van der Waals surface area contributed by atoms with Gasteiger partial charge in [-0.15, -0.1) is 0 Å². The zero-order valence-electron chi connectivity index (χ0n) is 17.6. The van der Waals surface area contributed by atoms with Gasteiger partial charge in [-0.3, -0.25) is 4.79 Å². The van der Waals surface area contributed by atoms with Gasteiger partial charge in [0.25, 0.3) is 5.91 Å². The van der Waals surface area contributed by atoms with E-state index in [1.807, 2.05) is 30.3 Å². The molecule has 0 spiro atoms. The summed E-state index contributed by atoms with van der Waals surface area (Å²) in [6.45, 7) is 0.563. The Morgan fingerprint density at radius 2 is 1.70 bits per heavy atom. The molecule has 0 fully saturated rings. The average molecular weight is 439 g/mol. The van der Waals surface area contributed by atoms with Crippen molar-refractivity contribution in [3.63, 3.8) is 0 Å². The van der Waals surface area contributed by atoms with Crippen LogP contribution in [0.2, 0.25) is 0 Å². The number of carboxylic acids is 1. The Hall–Kier alpha value is -4.52. The van der Waals surface area contributed by atoms with E-state index in [2.05, 4.69) is 27.4 Å². The van der Waals surface area contributed by atoms with Crippen LogP contribution in [0.25, 0.3) is 11.4 Å². The number of carbonyl (C=O) groups excluding carboxylic acids is 1. The Bertz CT molecular complexity index is 1260. The summed E-state index contributed by atoms with van der Waals surface area (Å²) >= 11 is 0. The van der Waals surface area contributed by atoms with Crippen LogP contribution in [0.1, 0.15) is 26.4 Å². The summed E-state index contributed by atoms with van der Waals surface area (Å²) < 4.78 is 5.78. The molecule has 164 valence electrons. The van der Waals surface area contributed by atoms with Crippen molar-refractivity contribution in [2.75, 3.05) is 11.9 Å². The van der Waals surface area contributed by atoms with Gasteiger partial charge in [0.05, 0.1) is 6.61 Å². The molecule has 1 aromatic heterocycles. The van der Waals surface area contributed by atoms with Gasteiger partial charge >= 0.3 is 5.97 Å². The number of anilines is 1. The van der Waals surface area contributed by atoms with Crippen LogP contribution in [0, 0.1) is 0 Å². The van der Waals surface area contributed by atoms with Crippen LogP contribution >= 0.6 is 0 Å². The molecule has 0 aliphatic heterocycles. The van der Waals surface area contributed by atoms with E-state index in [1.54, 1.807) is 36.4 Å². The van der Waals surface area contributed by atoms with Crippen molar-refractivity contribution >= 4 is 17.6 Å². The molecule has 0 aliphatic rings. The number of hydrogen-bond acceptors (Lipinski definition) is 5. The molecule has 7 heteroatoms. The number of amides is 1. The number of nitrogens with zero attached hydrogens (tertiary/aromatic N) is 2. The second kappa shape index (κ2) is 10.2. The first-order chi connectivity index (χ1) is 16.1. The van der Waals surface area contributed by atoms with Crippen LogP contribution in [-0.2, 0) is 6.42 Å². The van der Waals surface area contributed by atoms with Gasteiger partial charge < -0.3 is 15.2 Å². The maximum absolute atomic E-state index is 12.7. The van der Waals surface area contributed by atoms with Gasteiger partial charge in [0.1, 0.15) is 5.75 Å². The van der Waals surface area contributed by atoms with E-state index < -0.39 is 5.97 Å². The lowest BCUT2D eigenvalue weighted by atomic mass is 10.1. The molecule has 0 bridgehead atoms. The monoisotopic (exact) mass is 439 g/mol. The second-order valence-corrected chi connectivity index (χ2v) is 7.21. The number of aromatic carboxylic acids is 1. The first kappa shape index (κ1) is 21.7. The molecule has 1 amide bonds. The molecule has 0 unspecified atom stereocenters. The van der Waals surface area contributed by atoms with E-state index in [9.17, 15) is 9.59 Å². The van der Waals surface area contributed by atoms with Crippen LogP contribution in [0.15, 0.2) is 91.1 Å². The molecule has 0 saturated carbocycles. The zero-order valence-corrected chi connectivity index (χ0v) is 17.6. The summed E-state index contributed by atoms with van der Waals surface area (Å²) in [7, 11) is 0. The first-order valence-electron chi connectivity index (χ1n) is 10.3. The molecule has 4 aromatic rings. The van der Waals surface area contributed by atoms with E-state index in [-0.39, 0.29) is 17.4 Å². The molecular weight excluding hydrogens is 418 g/mol. The second-order valence-electron chi connectivity index (χ2n) is 7.21. The lowest BCUT2D eigenvalue weighted by Crippen LogP contribution is -2.12. The highest BCUT2D eigenvalue weighted by molar-refractivity contribution is 6.04. The quantitative estimate of drug-likeness (QED) is 0.412. The van der Waals surface area contributed by atoms with Crippen LogP contribution in [0.4, 0.5) is 5.69 Å². The largest absolute Gasteiger partial charge is 0.493 e. The van der Waals surface area contributed by atoms with Crippen molar-refractivity contribution in [2.45, 2.75) is 6.42 Å². The fourth-order valence-corrected chi connectivity index (χ4v) is 3.19. The Kier molecular flexibility index (Phi) is 6.70. The van der Waals surface area contributed by atoms with Gasteiger partial charge in [0.2, 0.25) is 0 Å². The van der Waals surface area contributed by atoms with Crippen LogP contribution < -0.4 is 10.1 Å². The summed E-state index contributed by atoms with van der Waals surface area (Å²) in [5, 5.41) is 12.0. The van der Waals surface area contributed by atoms with Crippen molar-refractivity contribution in [1.82, 2.24) is 9.97 Å². The van der Waals surface area contributed by atoms with Crippen molar-refractivity contribution in [1.29, 1.82) is 0 Å². The summed E-state index contributed by atoms with van der Waals surface area (Å²) in [5.74, 6) is -0.480. The van der Waals surface area contributed by atoms with E-state index in [1.165, 1.54) is 17.8 Å². The number of benzene rings is 3. The summed E-state index contributed by atoms with van der Waals surface area (Å²) in [5.41, 5.74) is 2.68. The number of aromatic nitrogens is 2. The number of ether oxygens (including phenoxy) is 1. The predicted octanol–water partition coefficient (Wildman–Crippen LogP) is 4.72. The predicted molar refractivity (Wildman–Crippen MR) is 124 cm³/mol. The summed E-state index contributed by atoms with van der Waals surface area (Å²) in [4.78, 5) is 32.0. The molecule has 2 N–H and O–H groups in total. The standard InChI is InChI=1S/C26H21N3O4/c30-25(20-8-4-7-19(17-20)24-27-15-13-23(29-24)26(31)32)28-21-9-11-22(12-10-21)33-16-14-18-5-2-1-3-6-18/h1-13,15,17H,14,16H2,(H,28,30)(H,31,32). The van der Waals surface area contributed by atoms with E-state index >= 15 is 0 Å². The minimum absolute atomic E-state index is 0.110. The molecule has 0 saturated heterocycles. The van der Waals surface area contributed by atoms with Crippen molar-refractivity contribution in [2.24, 2.45) is 0 Å². The average Bonchev–Trinajstić information content (AvgIpc) is 2.86. The van der Waals surface area contributed by atoms with Crippen LogP contribution in [0.5, 0.6) is 5.75 Å². The fraction of sp³-hybridized carbons (Fsp3) is 0.0769. The topological polar surface area (TPSA) is 101 Å². The van der Waals surface area contributed by atoms with Gasteiger partial charge in [-0.05, 0) is 48.0 Å². The van der Waals surface area contributed by atoms with Crippen LogP contribution in [0.3, 0.4) is 0 Å². The smallest absolute Gasteiger partial charge is 0.354 e. The maximum Gasteiger partial charge on any atom is 0.354 e. The Balaban J connectivity index is 1.37. The van der Waals surface area contributed by atoms with Gasteiger partial charge in [-0.25, -0.2) is 14.8 Å². The molecule has 0 atom stereocenters. The molecule has 3 aromatic carbocycles. The van der Waals surface area contributed by atoms with E-state index in [0.29, 0.717) is 23.4 Å². The zero-order chi connectivity index (χ0) is 23.0. The molecular formula is C26H21N3O4. The molecule has 0 radical (unpaired) electrons. The van der Waals surface area contributed by atoms with E-state index in [0.717, 1.165) is 12.2 Å². The lowest BCUT2D eigenvalue weighted by molar-refractivity contribution is 0.0690. The minimum atomic E-state index is -1.14. The third-order valence-corrected chi connectivity index (χ3v) is 4.87. The highest BCUT2D eigenvalue weighted by Crippen LogP contribution is 2.20. The van der Waals surface area contributed by atoms with Gasteiger partial charge in [0.15, 0.2) is 11.5 Å². The number of hydrogen-bond donors (Lipinski definition) is 2. The number of carboxylic acid groups (broad SMARTS) is 1. The molecule has 0 aliphatic carbocycles. The normalized spacial score (nSPS) is 10.4. The fourth-order valence-electron chi connectivity index (χ4n) is 3.19. The van der Waals surface area contributed by atoms with Crippen molar-refractivity contribution in [3.05, 3.63) is 108 Å². The Morgan fingerprint density at radius 1 is 0.909 bits per heavy atom. The van der Waals surface area contributed by atoms with Gasteiger partial charge in [-0.1, -0.05) is 42.5 Å². The molecule has 1 heterocycles. The lowest BCUT2D eigenvalue weighted by Gasteiger charge is -2.09.